The molecule has 0 unspecified atom stereocenters. The van der Waals surface area contributed by atoms with Crippen LogP contribution in [0.15, 0.2) is 17.0 Å². The average molecular weight is 85.1 g/mol. The normalized spacial score (nSPS) is 11.2. The number of nitrogens with zero attached hydrogens (tertiary/aromatic N) is 1. The number of aliphatic imine (C=N–C) groups is 1. The van der Waals surface area contributed by atoms with E-state index in [9.17, 15) is 0 Å². The molecule has 0 spiro atoms. The van der Waals surface area contributed by atoms with Gasteiger partial charge in [-0.1, -0.05) is 0 Å². The molecule has 0 radical (unpaired) electrons. The molecule has 0 bridgehead atoms. The fourth-order valence-corrected chi connectivity index (χ4v) is 0.132. The van der Waals surface area contributed by atoms with Crippen LogP contribution in [0.3, 0.4) is 0 Å². The SMILES string of the molecule is C=N/C=C(\C)O. The summed E-state index contributed by atoms with van der Waals surface area (Å²) in [5.41, 5.74) is 0. The van der Waals surface area contributed by atoms with Crippen molar-refractivity contribution in [3.05, 3.63) is 12.0 Å². The smallest absolute Gasteiger partial charge is 0.107 e. The van der Waals surface area contributed by atoms with Gasteiger partial charge in [0.05, 0.1) is 6.20 Å². The van der Waals surface area contributed by atoms with Crippen molar-refractivity contribution in [1.82, 2.24) is 0 Å². The summed E-state index contributed by atoms with van der Waals surface area (Å²) in [7, 11) is 0. The van der Waals surface area contributed by atoms with Gasteiger partial charge < -0.3 is 5.11 Å². The Kier molecular flexibility index (Phi) is 2.13. The first kappa shape index (κ1) is 5.21. The van der Waals surface area contributed by atoms with E-state index < -0.39 is 0 Å². The number of hydrogen-bond acceptors (Lipinski definition) is 2. The zero-order chi connectivity index (χ0) is 4.99. The van der Waals surface area contributed by atoms with Crippen LogP contribution in [0.2, 0.25) is 0 Å². The highest BCUT2D eigenvalue weighted by atomic mass is 16.3. The molecule has 0 atom stereocenters. The Hall–Kier alpha value is -0.790. The zero-order valence-electron chi connectivity index (χ0n) is 3.68. The standard InChI is InChI=1S/C4H7NO/c1-4(6)3-5-2/h3,6H,2H2,1H3/b4-3+. The topological polar surface area (TPSA) is 32.6 Å². The highest BCUT2D eigenvalue weighted by Crippen LogP contribution is 1.80. The molecule has 0 heterocycles. The molecule has 0 aliphatic carbocycles. The van der Waals surface area contributed by atoms with Gasteiger partial charge >= 0.3 is 0 Å². The number of aliphatic hydroxyl groups excluding tert-OH is 1. The predicted octanol–water partition coefficient (Wildman–Crippen LogP) is 1.11. The van der Waals surface area contributed by atoms with E-state index in [0.29, 0.717) is 0 Å². The Morgan fingerprint density at radius 3 is 2.50 bits per heavy atom. The Bertz CT molecular complexity index is 71.6. The van der Waals surface area contributed by atoms with Crippen LogP contribution in [-0.4, -0.2) is 11.8 Å². The van der Waals surface area contributed by atoms with Gasteiger partial charge in [0.15, 0.2) is 0 Å². The lowest BCUT2D eigenvalue weighted by Crippen LogP contribution is -1.62. The molecule has 0 rings (SSSR count). The maximum absolute atomic E-state index is 8.28. The number of aliphatic hydroxyl groups is 1. The Labute approximate surface area is 36.8 Å². The van der Waals surface area contributed by atoms with Gasteiger partial charge in [0.25, 0.3) is 0 Å². The third-order valence-corrected chi connectivity index (χ3v) is 0.278. The number of rotatable bonds is 1. The molecule has 0 amide bonds. The van der Waals surface area contributed by atoms with Crippen molar-refractivity contribution in [2.24, 2.45) is 4.99 Å². The van der Waals surface area contributed by atoms with Crippen molar-refractivity contribution < 1.29 is 5.11 Å². The van der Waals surface area contributed by atoms with Crippen LogP contribution in [0, 0.1) is 0 Å². The lowest BCUT2D eigenvalue weighted by molar-refractivity contribution is 0.413. The van der Waals surface area contributed by atoms with Crippen LogP contribution >= 0.6 is 0 Å². The summed E-state index contributed by atoms with van der Waals surface area (Å²) in [6.45, 7) is 4.65. The lowest BCUT2D eigenvalue weighted by atomic mass is 10.6. The molecule has 0 saturated heterocycles. The molecule has 0 aromatic carbocycles. The summed E-state index contributed by atoms with van der Waals surface area (Å²) < 4.78 is 0. The van der Waals surface area contributed by atoms with Crippen LogP contribution in [0.25, 0.3) is 0 Å². The first-order valence-electron chi connectivity index (χ1n) is 1.59. The van der Waals surface area contributed by atoms with Gasteiger partial charge in [0, 0.05) is 0 Å². The first-order valence-corrected chi connectivity index (χ1v) is 1.59. The summed E-state index contributed by atoms with van der Waals surface area (Å²) in [6, 6.07) is 0. The predicted molar refractivity (Wildman–Crippen MR) is 25.9 cm³/mol. The molecule has 2 heteroatoms. The summed E-state index contributed by atoms with van der Waals surface area (Å²) in [5.74, 6) is 0.185. The molecule has 34 valence electrons. The second-order valence-electron chi connectivity index (χ2n) is 0.953. The quantitative estimate of drug-likeness (QED) is 0.375. The van der Waals surface area contributed by atoms with Gasteiger partial charge in [0.1, 0.15) is 5.76 Å². The molecule has 0 aliphatic rings. The van der Waals surface area contributed by atoms with Gasteiger partial charge in [-0.25, -0.2) is 0 Å². The monoisotopic (exact) mass is 85.1 g/mol. The van der Waals surface area contributed by atoms with E-state index in [1.807, 2.05) is 0 Å². The minimum Gasteiger partial charge on any atom is -0.511 e. The number of allylic oxidation sites excluding steroid dienone is 1. The Morgan fingerprint density at radius 1 is 2.00 bits per heavy atom. The third kappa shape index (κ3) is 3.21. The molecule has 2 nitrogen and oxygen atoms in total. The second-order valence-corrected chi connectivity index (χ2v) is 0.953. The zero-order valence-corrected chi connectivity index (χ0v) is 3.68. The van der Waals surface area contributed by atoms with Crippen LogP contribution < -0.4 is 0 Å². The van der Waals surface area contributed by atoms with Crippen molar-refractivity contribution in [2.75, 3.05) is 0 Å². The molecule has 0 fully saturated rings. The molecule has 0 aromatic heterocycles. The van der Waals surface area contributed by atoms with Crippen molar-refractivity contribution in [2.45, 2.75) is 6.92 Å². The fourth-order valence-electron chi connectivity index (χ4n) is 0.132. The summed E-state index contributed by atoms with van der Waals surface area (Å²) in [5, 5.41) is 8.28. The minimum absolute atomic E-state index is 0.185. The van der Waals surface area contributed by atoms with Gasteiger partial charge in [-0.05, 0) is 13.6 Å². The van der Waals surface area contributed by atoms with Crippen LogP contribution in [-0.2, 0) is 0 Å². The fraction of sp³-hybridized carbons (Fsp3) is 0.250. The van der Waals surface area contributed by atoms with E-state index >= 15 is 0 Å². The van der Waals surface area contributed by atoms with E-state index in [0.717, 1.165) is 0 Å². The largest absolute Gasteiger partial charge is 0.511 e. The minimum atomic E-state index is 0.185. The van der Waals surface area contributed by atoms with Crippen LogP contribution in [0.5, 0.6) is 0 Å². The van der Waals surface area contributed by atoms with Gasteiger partial charge in [0.2, 0.25) is 0 Å². The van der Waals surface area contributed by atoms with Crippen molar-refractivity contribution in [1.29, 1.82) is 0 Å². The third-order valence-electron chi connectivity index (χ3n) is 0.278. The van der Waals surface area contributed by atoms with Crippen LogP contribution in [0.1, 0.15) is 6.92 Å². The van der Waals surface area contributed by atoms with Crippen molar-refractivity contribution in [3.8, 4) is 0 Å². The lowest BCUT2D eigenvalue weighted by Gasteiger charge is -1.76. The summed E-state index contributed by atoms with van der Waals surface area (Å²) in [4.78, 5) is 3.27. The summed E-state index contributed by atoms with van der Waals surface area (Å²) >= 11 is 0. The molecule has 1 N–H and O–H groups in total. The van der Waals surface area contributed by atoms with Gasteiger partial charge in [-0.15, -0.1) is 0 Å². The molecule has 0 aliphatic heterocycles. The van der Waals surface area contributed by atoms with Gasteiger partial charge in [-0.3, -0.25) is 4.99 Å². The average Bonchev–Trinajstić information content (AvgIpc) is 1.35. The first-order chi connectivity index (χ1) is 2.77. The Morgan fingerprint density at radius 2 is 2.50 bits per heavy atom. The highest BCUT2D eigenvalue weighted by Gasteiger charge is 1.67. The van der Waals surface area contributed by atoms with E-state index in [4.69, 9.17) is 5.11 Å². The van der Waals surface area contributed by atoms with Crippen molar-refractivity contribution in [3.63, 3.8) is 0 Å². The number of hydrogen-bond donors (Lipinski definition) is 1. The highest BCUT2D eigenvalue weighted by molar-refractivity contribution is 5.25. The molecule has 6 heavy (non-hydrogen) atoms. The van der Waals surface area contributed by atoms with Crippen LogP contribution in [0.4, 0.5) is 0 Å². The maximum Gasteiger partial charge on any atom is 0.107 e. The van der Waals surface area contributed by atoms with Gasteiger partial charge in [-0.2, -0.15) is 0 Å². The van der Waals surface area contributed by atoms with E-state index in [2.05, 4.69) is 11.7 Å². The molecule has 0 saturated carbocycles. The second kappa shape index (κ2) is 2.45. The Balaban J connectivity index is 3.41. The molecular weight excluding hydrogens is 78.0 g/mol. The van der Waals surface area contributed by atoms with E-state index in [1.54, 1.807) is 0 Å². The molecular formula is C4H7NO. The van der Waals surface area contributed by atoms with E-state index in [1.165, 1.54) is 13.1 Å². The van der Waals surface area contributed by atoms with Crippen molar-refractivity contribution >= 4 is 6.72 Å². The summed E-state index contributed by atoms with van der Waals surface area (Å²) in [6.07, 6.45) is 1.28. The van der Waals surface area contributed by atoms with E-state index in [-0.39, 0.29) is 5.76 Å². The maximum atomic E-state index is 8.28. The molecule has 0 aromatic rings.